The van der Waals surface area contributed by atoms with Crippen LogP contribution >= 0.6 is 24.8 Å². The highest BCUT2D eigenvalue weighted by Gasteiger charge is 2.28. The molecule has 1 rings (SSSR count). The topological polar surface area (TPSA) is 115 Å². The van der Waals surface area contributed by atoms with Gasteiger partial charge in [-0.3, -0.25) is 4.79 Å². The van der Waals surface area contributed by atoms with E-state index < -0.39 is 11.5 Å². The molecule has 17 heavy (non-hydrogen) atoms. The van der Waals surface area contributed by atoms with E-state index in [1.54, 1.807) is 18.2 Å². The van der Waals surface area contributed by atoms with Crippen LogP contribution in [0, 0.1) is 0 Å². The molecule has 7 heteroatoms. The molecule has 0 aliphatic carbocycles. The molecule has 0 heterocycles. The van der Waals surface area contributed by atoms with E-state index in [0.29, 0.717) is 11.4 Å². The standard InChI is InChI=1S/C10H15N3O2.2ClH/c1-10(13,9(14)15)5-6-2-3-7(11)8(12)4-6;;/h2-4H,5,11-13H2,1H3,(H,14,15);2*1H/t10-;;/m0../s1. The fourth-order valence-corrected chi connectivity index (χ4v) is 1.23. The Balaban J connectivity index is 0. The molecule has 0 aliphatic heterocycles. The lowest BCUT2D eigenvalue weighted by Crippen LogP contribution is -2.46. The van der Waals surface area contributed by atoms with Gasteiger partial charge in [-0.15, -0.1) is 24.8 Å². The lowest BCUT2D eigenvalue weighted by atomic mass is 9.94. The molecule has 5 nitrogen and oxygen atoms in total. The predicted octanol–water partition coefficient (Wildman–Crippen LogP) is 1.04. The van der Waals surface area contributed by atoms with Crippen LogP contribution in [-0.2, 0) is 11.2 Å². The molecule has 0 bridgehead atoms. The van der Waals surface area contributed by atoms with Crippen molar-refractivity contribution in [2.75, 3.05) is 11.5 Å². The van der Waals surface area contributed by atoms with Crippen molar-refractivity contribution in [3.63, 3.8) is 0 Å². The summed E-state index contributed by atoms with van der Waals surface area (Å²) >= 11 is 0. The van der Waals surface area contributed by atoms with Crippen molar-refractivity contribution in [2.24, 2.45) is 5.73 Å². The lowest BCUT2D eigenvalue weighted by molar-refractivity contribution is -0.142. The van der Waals surface area contributed by atoms with E-state index in [1.165, 1.54) is 6.92 Å². The fraction of sp³-hybridized carbons (Fsp3) is 0.300. The number of hydrogen-bond acceptors (Lipinski definition) is 4. The molecular weight excluding hydrogens is 265 g/mol. The van der Waals surface area contributed by atoms with Gasteiger partial charge in [0.25, 0.3) is 0 Å². The van der Waals surface area contributed by atoms with E-state index in [9.17, 15) is 4.79 Å². The zero-order valence-electron chi connectivity index (χ0n) is 9.34. The van der Waals surface area contributed by atoms with Gasteiger partial charge in [-0.25, -0.2) is 0 Å². The molecule has 1 aromatic rings. The minimum Gasteiger partial charge on any atom is -0.480 e. The highest BCUT2D eigenvalue weighted by molar-refractivity contribution is 5.85. The van der Waals surface area contributed by atoms with E-state index in [2.05, 4.69) is 0 Å². The van der Waals surface area contributed by atoms with Gasteiger partial charge in [0.15, 0.2) is 0 Å². The number of carbonyl (C=O) groups is 1. The van der Waals surface area contributed by atoms with Gasteiger partial charge >= 0.3 is 5.97 Å². The zero-order valence-corrected chi connectivity index (χ0v) is 11.0. The van der Waals surface area contributed by atoms with Crippen molar-refractivity contribution in [3.8, 4) is 0 Å². The normalized spacial score (nSPS) is 12.8. The number of rotatable bonds is 3. The van der Waals surface area contributed by atoms with Crippen LogP contribution in [-0.4, -0.2) is 16.6 Å². The van der Waals surface area contributed by atoms with Gasteiger partial charge < -0.3 is 22.3 Å². The average Bonchev–Trinajstić information content (AvgIpc) is 2.10. The number of aliphatic carboxylic acids is 1. The van der Waals surface area contributed by atoms with E-state index in [1.807, 2.05) is 0 Å². The Kier molecular flexibility index (Phi) is 7.00. The first kappa shape index (κ1) is 18.2. The predicted molar refractivity (Wildman–Crippen MR) is 73.7 cm³/mol. The lowest BCUT2D eigenvalue weighted by Gasteiger charge is -2.19. The average molecular weight is 282 g/mol. The molecular formula is C10H17Cl2N3O2. The van der Waals surface area contributed by atoms with E-state index in [4.69, 9.17) is 22.3 Å². The Hall–Kier alpha value is -1.17. The number of halogens is 2. The van der Waals surface area contributed by atoms with Crippen LogP contribution < -0.4 is 17.2 Å². The summed E-state index contributed by atoms with van der Waals surface area (Å²) < 4.78 is 0. The third-order valence-corrected chi connectivity index (χ3v) is 2.21. The van der Waals surface area contributed by atoms with Gasteiger partial charge in [0, 0.05) is 6.42 Å². The van der Waals surface area contributed by atoms with Crippen LogP contribution in [0.4, 0.5) is 11.4 Å². The third kappa shape index (κ3) is 4.68. The second-order valence-corrected chi connectivity index (χ2v) is 3.86. The highest BCUT2D eigenvalue weighted by atomic mass is 35.5. The second-order valence-electron chi connectivity index (χ2n) is 3.86. The number of carboxylic acid groups (broad SMARTS) is 1. The molecule has 0 aliphatic rings. The van der Waals surface area contributed by atoms with Gasteiger partial charge in [-0.2, -0.15) is 0 Å². The maximum atomic E-state index is 10.8. The Morgan fingerprint density at radius 1 is 1.29 bits per heavy atom. The van der Waals surface area contributed by atoms with E-state index in [0.717, 1.165) is 5.56 Å². The van der Waals surface area contributed by atoms with Crippen molar-refractivity contribution in [1.82, 2.24) is 0 Å². The van der Waals surface area contributed by atoms with Crippen LogP contribution in [0.25, 0.3) is 0 Å². The molecule has 7 N–H and O–H groups in total. The zero-order chi connectivity index (χ0) is 11.6. The summed E-state index contributed by atoms with van der Waals surface area (Å²) in [6, 6.07) is 5.01. The van der Waals surface area contributed by atoms with Crippen molar-refractivity contribution >= 4 is 42.2 Å². The Bertz CT molecular complexity index is 397. The number of hydrogen-bond donors (Lipinski definition) is 4. The van der Waals surface area contributed by atoms with Gasteiger partial charge in [0.05, 0.1) is 11.4 Å². The Morgan fingerprint density at radius 2 is 1.82 bits per heavy atom. The Labute approximate surface area is 112 Å². The molecule has 0 aromatic heterocycles. The number of carboxylic acids is 1. The first-order chi connectivity index (χ1) is 6.83. The van der Waals surface area contributed by atoms with E-state index in [-0.39, 0.29) is 31.2 Å². The number of benzene rings is 1. The fourth-order valence-electron chi connectivity index (χ4n) is 1.23. The van der Waals surface area contributed by atoms with E-state index >= 15 is 0 Å². The monoisotopic (exact) mass is 281 g/mol. The van der Waals surface area contributed by atoms with Crippen LogP contribution in [0.2, 0.25) is 0 Å². The van der Waals surface area contributed by atoms with Gasteiger partial charge in [0.1, 0.15) is 5.54 Å². The van der Waals surface area contributed by atoms with Gasteiger partial charge in [-0.05, 0) is 24.6 Å². The number of anilines is 2. The summed E-state index contributed by atoms with van der Waals surface area (Å²) in [5, 5.41) is 8.85. The minimum absolute atomic E-state index is 0. The van der Waals surface area contributed by atoms with Gasteiger partial charge in [0.2, 0.25) is 0 Å². The smallest absolute Gasteiger partial charge is 0.323 e. The van der Waals surface area contributed by atoms with Crippen LogP contribution in [0.15, 0.2) is 18.2 Å². The molecule has 0 saturated carbocycles. The summed E-state index contributed by atoms with van der Waals surface area (Å²) in [6.45, 7) is 1.46. The quantitative estimate of drug-likeness (QED) is 0.618. The number of nitrogens with two attached hydrogens (primary N) is 3. The molecule has 1 aromatic carbocycles. The number of nitrogen functional groups attached to an aromatic ring is 2. The summed E-state index contributed by atoms with van der Waals surface area (Å²) in [5.74, 6) is -1.04. The summed E-state index contributed by atoms with van der Waals surface area (Å²) in [4.78, 5) is 10.8. The van der Waals surface area contributed by atoms with Crippen molar-refractivity contribution in [2.45, 2.75) is 18.9 Å². The Morgan fingerprint density at radius 3 is 2.24 bits per heavy atom. The van der Waals surface area contributed by atoms with Crippen LogP contribution in [0.5, 0.6) is 0 Å². The van der Waals surface area contributed by atoms with Crippen LogP contribution in [0.1, 0.15) is 12.5 Å². The molecule has 0 radical (unpaired) electrons. The minimum atomic E-state index is -1.29. The molecule has 0 spiro atoms. The second kappa shape index (κ2) is 6.54. The van der Waals surface area contributed by atoms with Crippen molar-refractivity contribution in [1.29, 1.82) is 0 Å². The third-order valence-electron chi connectivity index (χ3n) is 2.21. The van der Waals surface area contributed by atoms with Crippen molar-refractivity contribution < 1.29 is 9.90 Å². The van der Waals surface area contributed by atoms with Gasteiger partial charge in [-0.1, -0.05) is 6.07 Å². The molecule has 1 atom stereocenters. The first-order valence-corrected chi connectivity index (χ1v) is 4.49. The molecule has 0 amide bonds. The largest absolute Gasteiger partial charge is 0.480 e. The van der Waals surface area contributed by atoms with Crippen LogP contribution in [0.3, 0.4) is 0 Å². The molecule has 0 fully saturated rings. The maximum Gasteiger partial charge on any atom is 0.323 e. The molecule has 0 unspecified atom stereocenters. The first-order valence-electron chi connectivity index (χ1n) is 4.49. The summed E-state index contributed by atoms with van der Waals surface area (Å²) in [7, 11) is 0. The van der Waals surface area contributed by atoms with Crippen molar-refractivity contribution in [3.05, 3.63) is 23.8 Å². The SMILES string of the molecule is C[C@](N)(Cc1ccc(N)c(N)c1)C(=O)O.Cl.Cl. The molecule has 98 valence electrons. The summed E-state index contributed by atoms with van der Waals surface area (Å²) in [6.07, 6.45) is 0.215. The maximum absolute atomic E-state index is 10.8. The molecule has 0 saturated heterocycles. The summed E-state index contributed by atoms with van der Waals surface area (Å²) in [5.41, 5.74) is 17.1. The highest BCUT2D eigenvalue weighted by Crippen LogP contribution is 2.19.